The molecular formula is C12H11N5O5. The zero-order valence-corrected chi connectivity index (χ0v) is 11.4. The molecule has 0 aliphatic rings. The molecule has 0 spiro atoms. The van der Waals surface area contributed by atoms with Crippen LogP contribution < -0.4 is 16.2 Å². The molecule has 0 unspecified atom stereocenters. The Labute approximate surface area is 122 Å². The number of hydrogen-bond acceptors (Lipinski definition) is 6. The molecule has 1 aromatic heterocycles. The number of nitrogens with one attached hydrogen (secondary N) is 2. The SMILES string of the molecule is CNC(=O)NC(=O)Cn1cnc2ccc([N+](=O)[O-])cc2c1=O. The first kappa shape index (κ1) is 15.1. The maximum Gasteiger partial charge on any atom is 0.321 e. The molecule has 10 nitrogen and oxygen atoms in total. The van der Waals surface area contributed by atoms with Crippen molar-refractivity contribution < 1.29 is 14.5 Å². The van der Waals surface area contributed by atoms with E-state index in [1.807, 2.05) is 5.32 Å². The second-order valence-electron chi connectivity index (χ2n) is 4.26. The quantitative estimate of drug-likeness (QED) is 0.593. The van der Waals surface area contributed by atoms with Crippen LogP contribution in [0, 0.1) is 10.1 Å². The van der Waals surface area contributed by atoms with Crippen LogP contribution in [-0.4, -0.2) is 33.5 Å². The first-order chi connectivity index (χ1) is 10.4. The van der Waals surface area contributed by atoms with Gasteiger partial charge in [0.05, 0.1) is 22.2 Å². The minimum atomic E-state index is -0.715. The normalized spacial score (nSPS) is 10.2. The van der Waals surface area contributed by atoms with Gasteiger partial charge in [-0.3, -0.25) is 29.6 Å². The van der Waals surface area contributed by atoms with Crippen molar-refractivity contribution in [3.05, 3.63) is 45.0 Å². The monoisotopic (exact) mass is 305 g/mol. The summed E-state index contributed by atoms with van der Waals surface area (Å²) in [6.07, 6.45) is 1.14. The summed E-state index contributed by atoms with van der Waals surface area (Å²) >= 11 is 0. The van der Waals surface area contributed by atoms with Crippen LogP contribution >= 0.6 is 0 Å². The Kier molecular flexibility index (Phi) is 4.11. The minimum Gasteiger partial charge on any atom is -0.341 e. The third-order valence-electron chi connectivity index (χ3n) is 2.81. The van der Waals surface area contributed by atoms with Crippen LogP contribution in [0.2, 0.25) is 0 Å². The van der Waals surface area contributed by atoms with Crippen LogP contribution in [0.25, 0.3) is 10.9 Å². The van der Waals surface area contributed by atoms with Gasteiger partial charge in [-0.2, -0.15) is 0 Å². The molecular weight excluding hydrogens is 294 g/mol. The van der Waals surface area contributed by atoms with Gasteiger partial charge in [0, 0.05) is 19.2 Å². The van der Waals surface area contributed by atoms with Crippen LogP contribution in [0.3, 0.4) is 0 Å². The van der Waals surface area contributed by atoms with Gasteiger partial charge in [-0.1, -0.05) is 0 Å². The topological polar surface area (TPSA) is 136 Å². The second-order valence-corrected chi connectivity index (χ2v) is 4.26. The number of urea groups is 1. The number of hydrogen-bond donors (Lipinski definition) is 2. The van der Waals surface area contributed by atoms with E-state index in [9.17, 15) is 24.5 Å². The van der Waals surface area contributed by atoms with Crippen molar-refractivity contribution in [2.24, 2.45) is 0 Å². The second kappa shape index (κ2) is 5.99. The number of fused-ring (bicyclic) bond motifs is 1. The average Bonchev–Trinajstić information content (AvgIpc) is 2.49. The molecule has 0 bridgehead atoms. The summed E-state index contributed by atoms with van der Waals surface area (Å²) in [6.45, 7) is -0.433. The zero-order valence-electron chi connectivity index (χ0n) is 11.4. The summed E-state index contributed by atoms with van der Waals surface area (Å²) < 4.78 is 0.963. The van der Waals surface area contributed by atoms with Crippen LogP contribution in [0.5, 0.6) is 0 Å². The molecule has 2 aromatic rings. The Balaban J connectivity index is 2.37. The zero-order chi connectivity index (χ0) is 16.3. The van der Waals surface area contributed by atoms with E-state index in [1.165, 1.54) is 19.2 Å². The standard InChI is InChI=1S/C12H11N5O5/c1-13-12(20)15-10(18)5-16-6-14-9-3-2-7(17(21)22)4-8(9)11(16)19/h2-4,6H,5H2,1H3,(H2,13,15,18,20). The van der Waals surface area contributed by atoms with Crippen molar-refractivity contribution in [1.29, 1.82) is 0 Å². The van der Waals surface area contributed by atoms with Gasteiger partial charge in [0.25, 0.3) is 11.2 Å². The van der Waals surface area contributed by atoms with Crippen molar-refractivity contribution >= 4 is 28.5 Å². The maximum atomic E-state index is 12.2. The summed E-state index contributed by atoms with van der Waals surface area (Å²) in [7, 11) is 1.34. The Bertz CT molecular complexity index is 828. The maximum absolute atomic E-state index is 12.2. The lowest BCUT2D eigenvalue weighted by Crippen LogP contribution is -2.40. The van der Waals surface area contributed by atoms with Crippen molar-refractivity contribution in [3.63, 3.8) is 0 Å². The van der Waals surface area contributed by atoms with E-state index in [0.717, 1.165) is 17.0 Å². The van der Waals surface area contributed by atoms with Crippen LogP contribution in [0.4, 0.5) is 10.5 Å². The van der Waals surface area contributed by atoms with E-state index in [1.54, 1.807) is 0 Å². The van der Waals surface area contributed by atoms with Gasteiger partial charge in [-0.05, 0) is 6.07 Å². The Morgan fingerprint density at radius 1 is 1.41 bits per heavy atom. The number of rotatable bonds is 3. The number of carbonyl (C=O) groups is 2. The smallest absolute Gasteiger partial charge is 0.321 e. The largest absolute Gasteiger partial charge is 0.341 e. The molecule has 1 heterocycles. The fourth-order valence-corrected chi connectivity index (χ4v) is 1.76. The molecule has 3 amide bonds. The molecule has 0 aliphatic heterocycles. The predicted octanol–water partition coefficient (Wildman–Crippen LogP) is -0.240. The highest BCUT2D eigenvalue weighted by atomic mass is 16.6. The molecule has 0 atom stereocenters. The molecule has 2 rings (SSSR count). The van der Waals surface area contributed by atoms with E-state index in [4.69, 9.17) is 0 Å². The van der Waals surface area contributed by atoms with E-state index in [0.29, 0.717) is 0 Å². The third-order valence-corrected chi connectivity index (χ3v) is 2.81. The molecule has 22 heavy (non-hydrogen) atoms. The lowest BCUT2D eigenvalue weighted by molar-refractivity contribution is -0.384. The Hall–Kier alpha value is -3.30. The summed E-state index contributed by atoms with van der Waals surface area (Å²) in [5.74, 6) is -0.715. The number of aromatic nitrogens is 2. The van der Waals surface area contributed by atoms with Gasteiger partial charge >= 0.3 is 6.03 Å². The number of nitro groups is 1. The van der Waals surface area contributed by atoms with E-state index >= 15 is 0 Å². The first-order valence-electron chi connectivity index (χ1n) is 6.07. The molecule has 0 saturated carbocycles. The lowest BCUT2D eigenvalue weighted by Gasteiger charge is -2.06. The number of nitrogens with zero attached hydrogens (tertiary/aromatic N) is 3. The van der Waals surface area contributed by atoms with Gasteiger partial charge < -0.3 is 5.32 Å². The first-order valence-corrected chi connectivity index (χ1v) is 6.07. The Morgan fingerprint density at radius 3 is 2.77 bits per heavy atom. The van der Waals surface area contributed by atoms with Gasteiger partial charge in [-0.15, -0.1) is 0 Å². The van der Waals surface area contributed by atoms with Crippen molar-refractivity contribution in [1.82, 2.24) is 20.2 Å². The van der Waals surface area contributed by atoms with Crippen molar-refractivity contribution in [2.45, 2.75) is 6.54 Å². The highest BCUT2D eigenvalue weighted by Crippen LogP contribution is 2.16. The number of non-ortho nitro benzene ring substituents is 1. The summed E-state index contributed by atoms with van der Waals surface area (Å²) in [5, 5.41) is 15.0. The molecule has 2 N–H and O–H groups in total. The number of nitro benzene ring substituents is 1. The number of carbonyl (C=O) groups excluding carboxylic acids is 2. The summed E-state index contributed by atoms with van der Waals surface area (Å²) in [4.78, 5) is 48.9. The van der Waals surface area contributed by atoms with Crippen LogP contribution in [0.15, 0.2) is 29.3 Å². The van der Waals surface area contributed by atoms with E-state index in [-0.39, 0.29) is 16.6 Å². The highest BCUT2D eigenvalue weighted by Gasteiger charge is 2.13. The van der Waals surface area contributed by atoms with Crippen molar-refractivity contribution in [2.75, 3.05) is 7.05 Å². The third kappa shape index (κ3) is 3.06. The molecule has 0 saturated heterocycles. The molecule has 0 fully saturated rings. The molecule has 1 aromatic carbocycles. The summed E-state index contributed by atoms with van der Waals surface area (Å²) in [5.41, 5.74) is -0.585. The molecule has 0 aliphatic carbocycles. The van der Waals surface area contributed by atoms with Gasteiger partial charge in [-0.25, -0.2) is 9.78 Å². The number of benzene rings is 1. The van der Waals surface area contributed by atoms with Crippen LogP contribution in [-0.2, 0) is 11.3 Å². The highest BCUT2D eigenvalue weighted by molar-refractivity contribution is 5.94. The van der Waals surface area contributed by atoms with Gasteiger partial charge in [0.15, 0.2) is 0 Å². The van der Waals surface area contributed by atoms with E-state index < -0.39 is 29.0 Å². The fraction of sp³-hybridized carbons (Fsp3) is 0.167. The average molecular weight is 305 g/mol. The summed E-state index contributed by atoms with van der Waals surface area (Å²) in [6, 6.07) is 2.97. The van der Waals surface area contributed by atoms with Gasteiger partial charge in [0.2, 0.25) is 5.91 Å². The number of imide groups is 1. The van der Waals surface area contributed by atoms with Crippen molar-refractivity contribution in [3.8, 4) is 0 Å². The number of amides is 3. The molecule has 0 radical (unpaired) electrons. The van der Waals surface area contributed by atoms with Gasteiger partial charge in [0.1, 0.15) is 6.54 Å². The van der Waals surface area contributed by atoms with Crippen LogP contribution in [0.1, 0.15) is 0 Å². The molecule has 114 valence electrons. The fourth-order valence-electron chi connectivity index (χ4n) is 1.76. The lowest BCUT2D eigenvalue weighted by atomic mass is 10.2. The van der Waals surface area contributed by atoms with E-state index in [2.05, 4.69) is 10.3 Å². The minimum absolute atomic E-state index is 0.0180. The predicted molar refractivity (Wildman–Crippen MR) is 75.3 cm³/mol. The molecule has 10 heteroatoms. The Morgan fingerprint density at radius 2 is 2.14 bits per heavy atom.